The van der Waals surface area contributed by atoms with Gasteiger partial charge in [-0.15, -0.1) is 0 Å². The van der Waals surface area contributed by atoms with Crippen LogP contribution >= 0.6 is 0 Å². The van der Waals surface area contributed by atoms with Gasteiger partial charge >= 0.3 is 0 Å². The topological polar surface area (TPSA) is 108 Å². The van der Waals surface area contributed by atoms with E-state index < -0.39 is 9.84 Å². The number of hydrogen-bond donors (Lipinski definition) is 3. The number of aromatic amines is 2. The van der Waals surface area contributed by atoms with Crippen LogP contribution in [-0.4, -0.2) is 47.1 Å². The monoisotopic (exact) mass is 412 g/mol. The number of sulfone groups is 1. The zero-order chi connectivity index (χ0) is 20.4. The summed E-state index contributed by atoms with van der Waals surface area (Å²) >= 11 is 0. The van der Waals surface area contributed by atoms with E-state index >= 15 is 0 Å². The number of aromatic nitrogens is 3. The van der Waals surface area contributed by atoms with Crippen LogP contribution in [0, 0.1) is 0 Å². The van der Waals surface area contributed by atoms with Crippen LogP contribution < -0.4 is 5.32 Å². The molecule has 7 nitrogen and oxygen atoms in total. The second-order valence-corrected chi connectivity index (χ2v) is 11.2. The van der Waals surface area contributed by atoms with Gasteiger partial charge in [0, 0.05) is 34.3 Å². The van der Waals surface area contributed by atoms with Crippen molar-refractivity contribution in [3.8, 4) is 11.4 Å². The van der Waals surface area contributed by atoms with Gasteiger partial charge in [-0.2, -0.15) is 5.10 Å². The van der Waals surface area contributed by atoms with E-state index in [-0.39, 0.29) is 28.9 Å². The minimum absolute atomic E-state index is 0.0860. The highest BCUT2D eigenvalue weighted by Crippen LogP contribution is 2.45. The molecule has 0 bridgehead atoms. The summed E-state index contributed by atoms with van der Waals surface area (Å²) in [6, 6.07) is 5.61. The molecule has 3 aromatic rings. The molecule has 3 N–H and O–H groups in total. The fourth-order valence-corrected chi connectivity index (χ4v) is 6.24. The van der Waals surface area contributed by atoms with Crippen LogP contribution in [0.15, 0.2) is 24.4 Å². The zero-order valence-corrected chi connectivity index (χ0v) is 17.3. The molecule has 1 aliphatic carbocycles. The van der Waals surface area contributed by atoms with Crippen molar-refractivity contribution < 1.29 is 13.2 Å². The van der Waals surface area contributed by atoms with Crippen molar-refractivity contribution in [3.63, 3.8) is 0 Å². The van der Waals surface area contributed by atoms with E-state index in [9.17, 15) is 13.2 Å². The Bertz CT molecular complexity index is 1220. The number of rotatable bonds is 2. The average molecular weight is 413 g/mol. The lowest BCUT2D eigenvalue weighted by molar-refractivity contribution is 0.0934. The molecule has 0 atom stereocenters. The molecule has 1 saturated heterocycles. The van der Waals surface area contributed by atoms with Crippen LogP contribution in [0.3, 0.4) is 0 Å². The Labute approximate surface area is 169 Å². The smallest absolute Gasteiger partial charge is 0.251 e. The molecule has 5 rings (SSSR count). The predicted octanol–water partition coefficient (Wildman–Crippen LogP) is 2.70. The van der Waals surface area contributed by atoms with E-state index in [0.29, 0.717) is 18.4 Å². The Kier molecular flexibility index (Phi) is 3.93. The van der Waals surface area contributed by atoms with Gasteiger partial charge in [-0.25, -0.2) is 8.42 Å². The maximum absolute atomic E-state index is 12.8. The first kappa shape index (κ1) is 18.4. The van der Waals surface area contributed by atoms with Crippen LogP contribution in [0.1, 0.15) is 48.2 Å². The molecule has 29 heavy (non-hydrogen) atoms. The number of carbonyl (C=O) groups is 1. The Morgan fingerprint density at radius 3 is 2.76 bits per heavy atom. The molecule has 1 aliphatic heterocycles. The average Bonchev–Trinajstić information content (AvgIpc) is 3.26. The number of amides is 1. The molecule has 2 aromatic heterocycles. The lowest BCUT2D eigenvalue weighted by Gasteiger charge is -2.29. The summed E-state index contributed by atoms with van der Waals surface area (Å²) in [6.45, 7) is 4.43. The number of benzene rings is 1. The van der Waals surface area contributed by atoms with E-state index in [1.165, 1.54) is 11.1 Å². The summed E-state index contributed by atoms with van der Waals surface area (Å²) in [7, 11) is -2.94. The van der Waals surface area contributed by atoms with Crippen molar-refractivity contribution in [1.29, 1.82) is 0 Å². The molecule has 0 spiro atoms. The molecule has 0 unspecified atom stereocenters. The van der Waals surface area contributed by atoms with Crippen molar-refractivity contribution in [2.75, 3.05) is 11.5 Å². The van der Waals surface area contributed by atoms with Crippen LogP contribution in [0.2, 0.25) is 0 Å². The molecule has 8 heteroatoms. The van der Waals surface area contributed by atoms with Crippen LogP contribution in [0.5, 0.6) is 0 Å². The standard InChI is InChI=1S/C21H24N4O3S/c1-21(2)10-13-11-22-25-18(13)19-17(21)15-9-12(3-4-16(15)24-19)20(26)23-14-5-7-29(27,28)8-6-14/h3-4,9,11,14,24H,5-8,10H2,1-2H3,(H,22,25)(H,23,26). The Morgan fingerprint density at radius 1 is 1.24 bits per heavy atom. The molecule has 1 aromatic carbocycles. The summed E-state index contributed by atoms with van der Waals surface area (Å²) in [4.78, 5) is 16.3. The predicted molar refractivity (Wildman–Crippen MR) is 112 cm³/mol. The van der Waals surface area contributed by atoms with Gasteiger partial charge < -0.3 is 10.3 Å². The van der Waals surface area contributed by atoms with E-state index in [1.54, 1.807) is 0 Å². The lowest BCUT2D eigenvalue weighted by Crippen LogP contribution is -2.40. The third kappa shape index (κ3) is 3.06. The number of hydrogen-bond acceptors (Lipinski definition) is 4. The van der Waals surface area contributed by atoms with Crippen LogP contribution in [0.25, 0.3) is 22.3 Å². The third-order valence-corrected chi connectivity index (χ3v) is 7.93. The summed E-state index contributed by atoms with van der Waals surface area (Å²) in [5.41, 5.74) is 5.84. The molecule has 2 aliphatic rings. The van der Waals surface area contributed by atoms with Gasteiger partial charge in [0.15, 0.2) is 0 Å². The van der Waals surface area contributed by atoms with Gasteiger partial charge in [-0.3, -0.25) is 9.89 Å². The van der Waals surface area contributed by atoms with Crippen molar-refractivity contribution in [2.45, 2.75) is 44.6 Å². The summed E-state index contributed by atoms with van der Waals surface area (Å²) < 4.78 is 23.2. The molecule has 1 fully saturated rings. The molecule has 3 heterocycles. The maximum atomic E-state index is 12.8. The van der Waals surface area contributed by atoms with Crippen molar-refractivity contribution in [3.05, 3.63) is 41.1 Å². The first-order chi connectivity index (χ1) is 13.7. The van der Waals surface area contributed by atoms with Gasteiger partial charge in [0.2, 0.25) is 0 Å². The van der Waals surface area contributed by atoms with E-state index in [4.69, 9.17) is 0 Å². The number of fused-ring (bicyclic) bond motifs is 5. The number of nitrogens with one attached hydrogen (secondary N) is 3. The Morgan fingerprint density at radius 2 is 2.00 bits per heavy atom. The summed E-state index contributed by atoms with van der Waals surface area (Å²) in [6.07, 6.45) is 3.79. The normalized spacial score (nSPS) is 20.2. The van der Waals surface area contributed by atoms with E-state index in [2.05, 4.69) is 34.3 Å². The van der Waals surface area contributed by atoms with Gasteiger partial charge in [-0.1, -0.05) is 13.8 Å². The minimum atomic E-state index is -2.94. The van der Waals surface area contributed by atoms with E-state index in [0.717, 1.165) is 28.7 Å². The van der Waals surface area contributed by atoms with Crippen LogP contribution in [0.4, 0.5) is 0 Å². The third-order valence-electron chi connectivity index (χ3n) is 6.22. The first-order valence-corrected chi connectivity index (χ1v) is 11.8. The fourth-order valence-electron chi connectivity index (χ4n) is 4.75. The van der Waals surface area contributed by atoms with Gasteiger partial charge in [0.25, 0.3) is 5.91 Å². The Hall–Kier alpha value is -2.61. The van der Waals surface area contributed by atoms with Gasteiger partial charge in [0.1, 0.15) is 15.5 Å². The number of nitrogens with zero attached hydrogens (tertiary/aromatic N) is 1. The number of H-pyrrole nitrogens is 2. The lowest BCUT2D eigenvalue weighted by atomic mass is 9.73. The largest absolute Gasteiger partial charge is 0.353 e. The summed E-state index contributed by atoms with van der Waals surface area (Å²) in [5, 5.41) is 11.4. The van der Waals surface area contributed by atoms with Gasteiger partial charge in [-0.05, 0) is 48.4 Å². The molecule has 0 radical (unpaired) electrons. The van der Waals surface area contributed by atoms with Crippen molar-refractivity contribution in [2.24, 2.45) is 0 Å². The first-order valence-electron chi connectivity index (χ1n) is 9.94. The van der Waals surface area contributed by atoms with Crippen molar-refractivity contribution >= 4 is 26.6 Å². The van der Waals surface area contributed by atoms with Gasteiger partial charge in [0.05, 0.1) is 17.2 Å². The highest BCUT2D eigenvalue weighted by Gasteiger charge is 2.36. The zero-order valence-electron chi connectivity index (χ0n) is 16.5. The Balaban J connectivity index is 1.49. The highest BCUT2D eigenvalue weighted by atomic mass is 32.2. The second-order valence-electron chi connectivity index (χ2n) is 8.85. The minimum Gasteiger partial charge on any atom is -0.353 e. The SMILES string of the molecule is CC1(C)Cc2c[nH]nc2-c2[nH]c3ccc(C(=O)NC4CCS(=O)(=O)CC4)cc3c21. The molecule has 1 amide bonds. The van der Waals surface area contributed by atoms with Crippen molar-refractivity contribution in [1.82, 2.24) is 20.5 Å². The number of carbonyl (C=O) groups excluding carboxylic acids is 1. The molecule has 152 valence electrons. The fraction of sp³-hybridized carbons (Fsp3) is 0.429. The molecular weight excluding hydrogens is 388 g/mol. The molecule has 0 saturated carbocycles. The highest BCUT2D eigenvalue weighted by molar-refractivity contribution is 7.91. The summed E-state index contributed by atoms with van der Waals surface area (Å²) in [5.74, 6) is 0.130. The maximum Gasteiger partial charge on any atom is 0.251 e. The van der Waals surface area contributed by atoms with Crippen LogP contribution in [-0.2, 0) is 21.7 Å². The quantitative estimate of drug-likeness (QED) is 0.601. The van der Waals surface area contributed by atoms with E-state index in [1.807, 2.05) is 24.4 Å². The molecular formula is C21H24N4O3S. The second kappa shape index (κ2) is 6.19.